The van der Waals surface area contributed by atoms with Crippen molar-refractivity contribution in [1.82, 2.24) is 14.9 Å². The highest BCUT2D eigenvalue weighted by atomic mass is 79.9. The van der Waals surface area contributed by atoms with Crippen LogP contribution in [0.15, 0.2) is 22.7 Å². The van der Waals surface area contributed by atoms with Crippen LogP contribution >= 0.6 is 27.5 Å². The zero-order valence-corrected chi connectivity index (χ0v) is 13.8. The van der Waals surface area contributed by atoms with E-state index in [0.29, 0.717) is 12.4 Å². The molecule has 1 atom stereocenters. The summed E-state index contributed by atoms with van der Waals surface area (Å²) in [5, 5.41) is 2.62. The smallest absolute Gasteiger partial charge is 0.240 e. The number of amides is 1. The van der Waals surface area contributed by atoms with Crippen molar-refractivity contribution >= 4 is 44.5 Å². The quantitative estimate of drug-likeness (QED) is 0.830. The molecule has 0 bridgehead atoms. The normalized spacial score (nSPS) is 12.6. The summed E-state index contributed by atoms with van der Waals surface area (Å²) >= 11 is 9.63. The van der Waals surface area contributed by atoms with E-state index in [0.717, 1.165) is 21.9 Å². The van der Waals surface area contributed by atoms with Gasteiger partial charge in [-0.2, -0.15) is 0 Å². The van der Waals surface area contributed by atoms with Crippen molar-refractivity contribution in [3.05, 3.63) is 28.5 Å². The van der Waals surface area contributed by atoms with Crippen LogP contribution in [0.25, 0.3) is 11.0 Å². The molecular weight excluding hydrogens is 342 g/mol. The number of alkyl halides is 1. The molecule has 1 N–H and O–H groups in total. The highest BCUT2D eigenvalue weighted by Gasteiger charge is 2.17. The lowest BCUT2D eigenvalue weighted by molar-refractivity contribution is -0.121. The van der Waals surface area contributed by atoms with E-state index in [1.165, 1.54) is 0 Å². The molecule has 0 aliphatic carbocycles. The largest absolute Gasteiger partial charge is 0.355 e. The van der Waals surface area contributed by atoms with Gasteiger partial charge in [0.1, 0.15) is 12.4 Å². The monoisotopic (exact) mass is 357 g/mol. The Morgan fingerprint density at radius 2 is 2.30 bits per heavy atom. The van der Waals surface area contributed by atoms with Gasteiger partial charge in [-0.3, -0.25) is 4.79 Å². The van der Waals surface area contributed by atoms with Gasteiger partial charge >= 0.3 is 0 Å². The summed E-state index contributed by atoms with van der Waals surface area (Å²) in [6.45, 7) is 4.80. The number of fused-ring (bicyclic) bond motifs is 1. The van der Waals surface area contributed by atoms with Crippen LogP contribution in [0.3, 0.4) is 0 Å². The van der Waals surface area contributed by atoms with Gasteiger partial charge in [0.2, 0.25) is 5.91 Å². The van der Waals surface area contributed by atoms with Gasteiger partial charge in [-0.25, -0.2) is 4.98 Å². The second-order valence-electron chi connectivity index (χ2n) is 4.66. The summed E-state index contributed by atoms with van der Waals surface area (Å²) in [4.78, 5) is 16.5. The Morgan fingerprint density at radius 3 is 2.95 bits per heavy atom. The number of hydrogen-bond donors (Lipinski definition) is 1. The number of halogens is 2. The van der Waals surface area contributed by atoms with E-state index in [2.05, 4.69) is 26.2 Å². The molecule has 0 radical (unpaired) electrons. The van der Waals surface area contributed by atoms with Gasteiger partial charge < -0.3 is 9.88 Å². The van der Waals surface area contributed by atoms with Crippen LogP contribution in [0.1, 0.15) is 31.5 Å². The topological polar surface area (TPSA) is 46.9 Å². The minimum atomic E-state index is -0.250. The fourth-order valence-corrected chi connectivity index (χ4v) is 2.56. The minimum absolute atomic E-state index is 0.0234. The average molecular weight is 359 g/mol. The zero-order valence-electron chi connectivity index (χ0n) is 11.5. The molecule has 0 spiro atoms. The molecule has 0 fully saturated rings. The first-order valence-corrected chi connectivity index (χ1v) is 7.82. The Balaban J connectivity index is 2.40. The summed E-state index contributed by atoms with van der Waals surface area (Å²) < 4.78 is 2.83. The number of carbonyl (C=O) groups excluding carboxylic acids is 1. The van der Waals surface area contributed by atoms with Crippen molar-refractivity contribution in [3.63, 3.8) is 0 Å². The van der Waals surface area contributed by atoms with Gasteiger partial charge in [-0.05, 0) is 31.5 Å². The SMILES string of the molecule is CCCNC(=O)Cn1c(C(C)Cl)nc2ccc(Br)cc21. The lowest BCUT2D eigenvalue weighted by Gasteiger charge is -2.10. The summed E-state index contributed by atoms with van der Waals surface area (Å²) in [7, 11) is 0. The van der Waals surface area contributed by atoms with Crippen LogP contribution in [0, 0.1) is 0 Å². The summed E-state index contributed by atoms with van der Waals surface area (Å²) in [6.07, 6.45) is 0.917. The van der Waals surface area contributed by atoms with Gasteiger partial charge in [0.25, 0.3) is 0 Å². The van der Waals surface area contributed by atoms with Crippen LogP contribution in [-0.4, -0.2) is 22.0 Å². The molecule has 0 saturated carbocycles. The molecule has 0 aliphatic heterocycles. The third-order valence-electron chi connectivity index (χ3n) is 2.97. The van der Waals surface area contributed by atoms with Crippen LogP contribution in [0.5, 0.6) is 0 Å². The predicted molar refractivity (Wildman–Crippen MR) is 85.0 cm³/mol. The Kier molecular flexibility index (Phi) is 5.05. The number of carbonyl (C=O) groups is 1. The van der Waals surface area contributed by atoms with Crippen molar-refractivity contribution in [2.24, 2.45) is 0 Å². The second kappa shape index (κ2) is 6.59. The van der Waals surface area contributed by atoms with Crippen molar-refractivity contribution in [1.29, 1.82) is 0 Å². The molecule has 108 valence electrons. The van der Waals surface area contributed by atoms with Crippen molar-refractivity contribution in [2.45, 2.75) is 32.2 Å². The summed E-state index contributed by atoms with van der Waals surface area (Å²) in [5.74, 6) is 0.691. The molecule has 1 aromatic heterocycles. The van der Waals surface area contributed by atoms with Crippen LogP contribution < -0.4 is 5.32 Å². The number of nitrogens with zero attached hydrogens (tertiary/aromatic N) is 2. The first-order chi connectivity index (χ1) is 9.52. The lowest BCUT2D eigenvalue weighted by Crippen LogP contribution is -2.28. The van der Waals surface area contributed by atoms with E-state index >= 15 is 0 Å². The Hall–Kier alpha value is -1.07. The number of rotatable bonds is 5. The zero-order chi connectivity index (χ0) is 14.7. The van der Waals surface area contributed by atoms with E-state index in [-0.39, 0.29) is 17.8 Å². The number of aromatic nitrogens is 2. The van der Waals surface area contributed by atoms with Gasteiger partial charge in [-0.1, -0.05) is 22.9 Å². The molecule has 1 amide bonds. The Morgan fingerprint density at radius 1 is 1.55 bits per heavy atom. The van der Waals surface area contributed by atoms with Crippen molar-refractivity contribution in [2.75, 3.05) is 6.54 Å². The third kappa shape index (κ3) is 3.33. The highest BCUT2D eigenvalue weighted by Crippen LogP contribution is 2.26. The Labute approximate surface area is 131 Å². The first kappa shape index (κ1) is 15.3. The number of benzene rings is 1. The second-order valence-corrected chi connectivity index (χ2v) is 6.23. The number of hydrogen-bond acceptors (Lipinski definition) is 2. The van der Waals surface area contributed by atoms with E-state index in [1.807, 2.05) is 36.6 Å². The third-order valence-corrected chi connectivity index (χ3v) is 3.66. The molecule has 4 nitrogen and oxygen atoms in total. The van der Waals surface area contributed by atoms with Gasteiger partial charge in [0, 0.05) is 11.0 Å². The first-order valence-electron chi connectivity index (χ1n) is 6.59. The van der Waals surface area contributed by atoms with Crippen LogP contribution in [0.2, 0.25) is 0 Å². The van der Waals surface area contributed by atoms with Crippen LogP contribution in [0.4, 0.5) is 0 Å². The standard InChI is InChI=1S/C14H17BrClN3O/c1-3-6-17-13(20)8-19-12-7-10(15)4-5-11(12)18-14(19)9(2)16/h4-5,7,9H,3,6,8H2,1-2H3,(H,17,20). The van der Waals surface area contributed by atoms with Crippen molar-refractivity contribution in [3.8, 4) is 0 Å². The molecule has 2 aromatic rings. The maximum atomic E-state index is 12.0. The molecule has 20 heavy (non-hydrogen) atoms. The number of imidazole rings is 1. The van der Waals surface area contributed by atoms with E-state index in [1.54, 1.807) is 0 Å². The average Bonchev–Trinajstić information content (AvgIpc) is 2.75. The fraction of sp³-hybridized carbons (Fsp3) is 0.429. The van der Waals surface area contributed by atoms with Gasteiger partial charge in [0.15, 0.2) is 0 Å². The molecule has 6 heteroatoms. The highest BCUT2D eigenvalue weighted by molar-refractivity contribution is 9.10. The Bertz CT molecular complexity index is 624. The van der Waals surface area contributed by atoms with Crippen molar-refractivity contribution < 1.29 is 4.79 Å². The predicted octanol–water partition coefficient (Wildman–Crippen LogP) is 3.62. The number of nitrogens with one attached hydrogen (secondary N) is 1. The molecule has 0 aliphatic rings. The summed E-state index contributed by atoms with van der Waals surface area (Å²) in [6, 6.07) is 5.81. The fourth-order valence-electron chi connectivity index (χ4n) is 2.05. The van der Waals surface area contributed by atoms with Gasteiger partial charge in [-0.15, -0.1) is 11.6 Å². The molecule has 1 aromatic carbocycles. The summed E-state index contributed by atoms with van der Waals surface area (Å²) in [5.41, 5.74) is 1.76. The molecule has 2 rings (SSSR count). The van der Waals surface area contributed by atoms with E-state index in [9.17, 15) is 4.79 Å². The molecular formula is C14H17BrClN3O. The molecule has 0 saturated heterocycles. The van der Waals surface area contributed by atoms with E-state index in [4.69, 9.17) is 11.6 Å². The van der Waals surface area contributed by atoms with Crippen LogP contribution in [-0.2, 0) is 11.3 Å². The minimum Gasteiger partial charge on any atom is -0.355 e. The lowest BCUT2D eigenvalue weighted by atomic mass is 10.3. The van der Waals surface area contributed by atoms with Gasteiger partial charge in [0.05, 0.1) is 16.4 Å². The maximum absolute atomic E-state index is 12.0. The maximum Gasteiger partial charge on any atom is 0.240 e. The molecule has 1 heterocycles. The van der Waals surface area contributed by atoms with E-state index < -0.39 is 0 Å². The molecule has 1 unspecified atom stereocenters.